The molecule has 0 spiro atoms. The first-order valence-electron chi connectivity index (χ1n) is 10.6. The Labute approximate surface area is 182 Å². The molecule has 2 N–H and O–H groups in total. The Morgan fingerprint density at radius 3 is 2.81 bits per heavy atom. The number of H-pyrrole nitrogens is 1. The van der Waals surface area contributed by atoms with Gasteiger partial charge in [0, 0.05) is 18.3 Å². The third-order valence-electron chi connectivity index (χ3n) is 5.37. The molecule has 3 aromatic rings. The van der Waals surface area contributed by atoms with Crippen molar-refractivity contribution in [2.24, 2.45) is 0 Å². The molecule has 162 valence electrons. The van der Waals surface area contributed by atoms with E-state index >= 15 is 0 Å². The van der Waals surface area contributed by atoms with Crippen LogP contribution in [0.25, 0.3) is 11.1 Å². The summed E-state index contributed by atoms with van der Waals surface area (Å²) in [7, 11) is 0. The van der Waals surface area contributed by atoms with Gasteiger partial charge in [-0.05, 0) is 56.1 Å². The van der Waals surface area contributed by atoms with E-state index in [9.17, 15) is 4.79 Å². The van der Waals surface area contributed by atoms with Crippen molar-refractivity contribution >= 4 is 11.8 Å². The van der Waals surface area contributed by atoms with Gasteiger partial charge in [-0.15, -0.1) is 0 Å². The molecule has 0 atom stereocenters. The van der Waals surface area contributed by atoms with E-state index in [2.05, 4.69) is 20.4 Å². The molecule has 7 nitrogen and oxygen atoms in total. The van der Waals surface area contributed by atoms with Crippen LogP contribution in [-0.4, -0.2) is 47.4 Å². The molecule has 0 unspecified atom stereocenters. The van der Waals surface area contributed by atoms with Crippen molar-refractivity contribution in [1.29, 1.82) is 0 Å². The zero-order valence-corrected chi connectivity index (χ0v) is 17.8. The van der Waals surface area contributed by atoms with E-state index in [1.165, 1.54) is 12.8 Å². The quantitative estimate of drug-likeness (QED) is 0.556. The third kappa shape index (κ3) is 5.86. The van der Waals surface area contributed by atoms with E-state index in [4.69, 9.17) is 9.47 Å². The minimum atomic E-state index is -0.512. The first-order valence-corrected chi connectivity index (χ1v) is 10.6. The number of carbonyl (C=O) groups excluding carboxylic acids is 1. The van der Waals surface area contributed by atoms with Crippen LogP contribution in [0.15, 0.2) is 54.9 Å². The standard InChI is InChI=1S/C24H28N4O3/c1-18-5-4-6-19(13-18)17-31-24(29)27-22-8-7-20(21-15-25-26-16-21)14-23(22)30-12-11-28-9-2-3-10-28/h4-8,13-16H,2-3,9-12,17H2,1H3,(H,25,26)(H,27,29). The van der Waals surface area contributed by atoms with Crippen LogP contribution >= 0.6 is 0 Å². The van der Waals surface area contributed by atoms with Crippen molar-refractivity contribution in [2.75, 3.05) is 31.6 Å². The molecular formula is C24H28N4O3. The number of nitrogens with zero attached hydrogens (tertiary/aromatic N) is 2. The van der Waals surface area contributed by atoms with E-state index in [0.717, 1.165) is 41.9 Å². The molecule has 0 saturated carbocycles. The first kappa shape index (κ1) is 20.9. The Kier molecular flexibility index (Phi) is 6.84. The molecule has 31 heavy (non-hydrogen) atoms. The van der Waals surface area contributed by atoms with Gasteiger partial charge in [0.1, 0.15) is 19.0 Å². The van der Waals surface area contributed by atoms with Crippen LogP contribution in [-0.2, 0) is 11.3 Å². The summed E-state index contributed by atoms with van der Waals surface area (Å²) >= 11 is 0. The third-order valence-corrected chi connectivity index (χ3v) is 5.37. The van der Waals surface area contributed by atoms with E-state index in [1.807, 2.05) is 55.6 Å². The molecule has 2 aromatic carbocycles. The first-order chi connectivity index (χ1) is 15.2. The second kappa shape index (κ2) is 10.1. The normalized spacial score (nSPS) is 13.8. The van der Waals surface area contributed by atoms with E-state index in [-0.39, 0.29) is 6.61 Å². The lowest BCUT2D eigenvalue weighted by atomic mass is 10.1. The Hall–Kier alpha value is -3.32. The Balaban J connectivity index is 1.42. The Morgan fingerprint density at radius 2 is 2.03 bits per heavy atom. The van der Waals surface area contributed by atoms with Crippen LogP contribution in [0, 0.1) is 6.92 Å². The van der Waals surface area contributed by atoms with Crippen molar-refractivity contribution in [3.05, 3.63) is 66.0 Å². The van der Waals surface area contributed by atoms with Crippen LogP contribution in [0.4, 0.5) is 10.5 Å². The van der Waals surface area contributed by atoms with E-state index in [1.54, 1.807) is 6.20 Å². The van der Waals surface area contributed by atoms with Crippen LogP contribution in [0.2, 0.25) is 0 Å². The monoisotopic (exact) mass is 420 g/mol. The summed E-state index contributed by atoms with van der Waals surface area (Å²) < 4.78 is 11.5. The summed E-state index contributed by atoms with van der Waals surface area (Å²) in [4.78, 5) is 14.8. The van der Waals surface area contributed by atoms with Gasteiger partial charge >= 0.3 is 6.09 Å². The number of aryl methyl sites for hydroxylation is 1. The average molecular weight is 421 g/mol. The van der Waals surface area contributed by atoms with Crippen LogP contribution < -0.4 is 10.1 Å². The van der Waals surface area contributed by atoms with Gasteiger partial charge in [0.25, 0.3) is 0 Å². The molecule has 2 heterocycles. The summed E-state index contributed by atoms with van der Waals surface area (Å²) in [5.41, 5.74) is 4.59. The van der Waals surface area contributed by atoms with E-state index in [0.29, 0.717) is 18.0 Å². The highest BCUT2D eigenvalue weighted by Crippen LogP contribution is 2.31. The smallest absolute Gasteiger partial charge is 0.412 e. The molecule has 1 fully saturated rings. The number of likely N-dealkylation sites (tertiary alicyclic amines) is 1. The molecule has 1 aromatic heterocycles. The highest BCUT2D eigenvalue weighted by atomic mass is 16.5. The average Bonchev–Trinajstić information content (AvgIpc) is 3.48. The van der Waals surface area contributed by atoms with Gasteiger partial charge in [-0.25, -0.2) is 4.79 Å². The minimum absolute atomic E-state index is 0.214. The topological polar surface area (TPSA) is 79.5 Å². The molecule has 0 aliphatic carbocycles. The summed E-state index contributed by atoms with van der Waals surface area (Å²) in [5, 5.41) is 9.66. The fourth-order valence-electron chi connectivity index (χ4n) is 3.72. The summed E-state index contributed by atoms with van der Waals surface area (Å²) in [6.07, 6.45) is 5.56. The number of carbonyl (C=O) groups is 1. The second-order valence-corrected chi connectivity index (χ2v) is 7.79. The maximum atomic E-state index is 12.4. The number of anilines is 1. The van der Waals surface area contributed by atoms with Gasteiger partial charge in [-0.1, -0.05) is 35.9 Å². The number of amides is 1. The fourth-order valence-corrected chi connectivity index (χ4v) is 3.72. The van der Waals surface area contributed by atoms with Crippen molar-refractivity contribution in [2.45, 2.75) is 26.4 Å². The molecular weight excluding hydrogens is 392 g/mol. The van der Waals surface area contributed by atoms with Gasteiger partial charge in [0.15, 0.2) is 0 Å². The molecule has 0 bridgehead atoms. The fraction of sp³-hybridized carbons (Fsp3) is 0.333. The maximum absolute atomic E-state index is 12.4. The molecule has 1 aliphatic rings. The van der Waals surface area contributed by atoms with Crippen molar-refractivity contribution in [1.82, 2.24) is 15.1 Å². The van der Waals surface area contributed by atoms with Gasteiger partial charge in [0.05, 0.1) is 11.9 Å². The summed E-state index contributed by atoms with van der Waals surface area (Å²) in [6, 6.07) is 13.6. The largest absolute Gasteiger partial charge is 0.490 e. The molecule has 1 aliphatic heterocycles. The van der Waals surface area contributed by atoms with Gasteiger partial charge in [-0.2, -0.15) is 5.10 Å². The molecule has 7 heteroatoms. The zero-order valence-electron chi connectivity index (χ0n) is 17.8. The van der Waals surface area contributed by atoms with Crippen molar-refractivity contribution in [3.63, 3.8) is 0 Å². The van der Waals surface area contributed by atoms with Gasteiger partial charge in [0.2, 0.25) is 0 Å². The van der Waals surface area contributed by atoms with Crippen molar-refractivity contribution < 1.29 is 14.3 Å². The van der Waals surface area contributed by atoms with Gasteiger partial charge in [-0.3, -0.25) is 15.3 Å². The zero-order chi connectivity index (χ0) is 21.5. The van der Waals surface area contributed by atoms with E-state index < -0.39 is 6.09 Å². The lowest BCUT2D eigenvalue weighted by molar-refractivity contribution is 0.155. The highest BCUT2D eigenvalue weighted by molar-refractivity contribution is 5.87. The Bertz CT molecular complexity index is 998. The minimum Gasteiger partial charge on any atom is -0.490 e. The number of hydrogen-bond acceptors (Lipinski definition) is 5. The maximum Gasteiger partial charge on any atom is 0.412 e. The number of nitrogens with one attached hydrogen (secondary N) is 2. The van der Waals surface area contributed by atoms with Crippen LogP contribution in [0.3, 0.4) is 0 Å². The molecule has 0 radical (unpaired) electrons. The number of aromatic nitrogens is 2. The number of ether oxygens (including phenoxy) is 2. The second-order valence-electron chi connectivity index (χ2n) is 7.79. The number of aromatic amines is 1. The highest BCUT2D eigenvalue weighted by Gasteiger charge is 2.14. The summed E-state index contributed by atoms with van der Waals surface area (Å²) in [6.45, 7) is 5.89. The number of benzene rings is 2. The SMILES string of the molecule is Cc1cccc(COC(=O)Nc2ccc(-c3cn[nH]c3)cc2OCCN2CCCC2)c1. The molecule has 4 rings (SSSR count). The van der Waals surface area contributed by atoms with Crippen LogP contribution in [0.5, 0.6) is 5.75 Å². The lowest BCUT2D eigenvalue weighted by Gasteiger charge is -2.17. The van der Waals surface area contributed by atoms with Crippen molar-refractivity contribution in [3.8, 4) is 16.9 Å². The number of rotatable bonds is 8. The predicted octanol–water partition coefficient (Wildman–Crippen LogP) is 4.61. The molecule has 1 amide bonds. The lowest BCUT2D eigenvalue weighted by Crippen LogP contribution is -2.25. The van der Waals surface area contributed by atoms with Crippen LogP contribution in [0.1, 0.15) is 24.0 Å². The number of hydrogen-bond donors (Lipinski definition) is 2. The van der Waals surface area contributed by atoms with Gasteiger partial charge < -0.3 is 9.47 Å². The summed E-state index contributed by atoms with van der Waals surface area (Å²) in [5.74, 6) is 0.616. The predicted molar refractivity (Wildman–Crippen MR) is 120 cm³/mol. The Morgan fingerprint density at radius 1 is 1.16 bits per heavy atom. The molecule has 1 saturated heterocycles.